The zero-order chi connectivity index (χ0) is 22.7. The molecule has 2 rings (SSSR count). The summed E-state index contributed by atoms with van der Waals surface area (Å²) < 4.78 is 6.06. The molecule has 1 saturated heterocycles. The molecule has 8 heteroatoms. The van der Waals surface area contributed by atoms with E-state index in [-0.39, 0.29) is 6.61 Å². The van der Waals surface area contributed by atoms with Gasteiger partial charge in [-0.3, -0.25) is 9.69 Å². The molecule has 0 radical (unpaired) electrons. The van der Waals surface area contributed by atoms with Gasteiger partial charge >= 0.3 is 0 Å². The molecule has 0 aromatic carbocycles. The number of carbonyl (C=O) groups is 1. The Morgan fingerprint density at radius 2 is 1.53 bits per heavy atom. The van der Waals surface area contributed by atoms with E-state index in [1.165, 1.54) is 19.3 Å². The van der Waals surface area contributed by atoms with Gasteiger partial charge in [-0.25, -0.2) is 0 Å². The number of hydrogen-bond donors (Lipinski definition) is 5. The Morgan fingerprint density at radius 1 is 0.967 bits per heavy atom. The van der Waals surface area contributed by atoms with E-state index in [0.717, 1.165) is 51.0 Å². The predicted molar refractivity (Wildman–Crippen MR) is 114 cm³/mol. The number of β-amino-alcohol motifs (C(OH)–C–C–N with tert-alkyl or cyclic N) is 1. The van der Waals surface area contributed by atoms with Gasteiger partial charge < -0.3 is 30.3 Å². The van der Waals surface area contributed by atoms with Crippen molar-refractivity contribution >= 4 is 5.97 Å². The lowest BCUT2D eigenvalue weighted by molar-refractivity contribution is -0.145. The minimum atomic E-state index is -1.18. The zero-order valence-electron chi connectivity index (χ0n) is 18.8. The highest BCUT2D eigenvalue weighted by molar-refractivity contribution is 5.62. The summed E-state index contributed by atoms with van der Waals surface area (Å²) in [6.07, 6.45) is 5.08. The van der Waals surface area contributed by atoms with Gasteiger partial charge in [0.05, 0.1) is 24.9 Å². The molecule has 8 nitrogen and oxygen atoms in total. The number of carboxylic acids is 1. The molecule has 2 unspecified atom stereocenters. The van der Waals surface area contributed by atoms with E-state index in [9.17, 15) is 20.4 Å². The first-order valence-corrected chi connectivity index (χ1v) is 11.4. The van der Waals surface area contributed by atoms with Gasteiger partial charge in [-0.15, -0.1) is 0 Å². The summed E-state index contributed by atoms with van der Waals surface area (Å²) in [5.41, 5.74) is 0. The van der Waals surface area contributed by atoms with E-state index in [4.69, 9.17) is 14.6 Å². The molecule has 30 heavy (non-hydrogen) atoms. The lowest BCUT2D eigenvalue weighted by Gasteiger charge is -2.43. The first-order valence-electron chi connectivity index (χ1n) is 11.4. The largest absolute Gasteiger partial charge is 0.481 e. The van der Waals surface area contributed by atoms with Crippen molar-refractivity contribution in [1.29, 1.82) is 0 Å². The van der Waals surface area contributed by atoms with Crippen LogP contribution in [0.1, 0.15) is 65.7 Å². The van der Waals surface area contributed by atoms with Gasteiger partial charge in [-0.2, -0.15) is 0 Å². The van der Waals surface area contributed by atoms with E-state index in [1.807, 2.05) is 4.90 Å². The summed E-state index contributed by atoms with van der Waals surface area (Å²) in [6, 6.07) is -0.494. The van der Waals surface area contributed by atoms with Gasteiger partial charge in [0.25, 0.3) is 5.97 Å². The summed E-state index contributed by atoms with van der Waals surface area (Å²) in [4.78, 5) is 10.9. The fraction of sp³-hybridized carbons (Fsp3) is 0.955. The summed E-state index contributed by atoms with van der Waals surface area (Å²) in [5, 5.41) is 46.4. The van der Waals surface area contributed by atoms with Crippen molar-refractivity contribution in [2.75, 3.05) is 26.3 Å². The number of rotatable bonds is 9. The van der Waals surface area contributed by atoms with E-state index >= 15 is 0 Å². The van der Waals surface area contributed by atoms with Crippen LogP contribution in [0.15, 0.2) is 0 Å². The maximum atomic E-state index is 9.98. The van der Waals surface area contributed by atoms with E-state index in [0.29, 0.717) is 19.2 Å². The number of unbranched alkanes of at least 4 members (excludes halogenated alkanes) is 3. The highest BCUT2D eigenvalue weighted by Crippen LogP contribution is 2.30. The van der Waals surface area contributed by atoms with Gasteiger partial charge in [-0.05, 0) is 50.5 Å². The van der Waals surface area contributed by atoms with Crippen LogP contribution >= 0.6 is 0 Å². The van der Waals surface area contributed by atoms with Crippen LogP contribution in [-0.2, 0) is 9.53 Å². The van der Waals surface area contributed by atoms with Crippen LogP contribution in [0.3, 0.4) is 0 Å². The molecule has 1 heterocycles. The molecule has 178 valence electrons. The molecule has 0 aromatic heterocycles. The molecule has 5 N–H and O–H groups in total. The van der Waals surface area contributed by atoms with Crippen LogP contribution in [0.4, 0.5) is 0 Å². The van der Waals surface area contributed by atoms with Gasteiger partial charge in [-0.1, -0.05) is 26.7 Å². The Kier molecular flexibility index (Phi) is 13.0. The van der Waals surface area contributed by atoms with Crippen LogP contribution in [0.2, 0.25) is 0 Å². The van der Waals surface area contributed by atoms with Crippen LogP contribution in [0.5, 0.6) is 0 Å². The monoisotopic (exact) mass is 433 g/mol. The standard InChI is InChI=1S/C20H39NO5.C2H4O2/c1-14-9-15(2)11-16(10-14)26-8-6-4-3-5-7-21-12-18(23)20(25)19(24)17(21)13-22;1-2(3)4/h14-20,22-25H,3-13H2,1-2H3;1H3,(H,3,4)/t14?,15?,16?,17-,18+,19-,20-;/m1./s1. The molecule has 0 bridgehead atoms. The summed E-state index contributed by atoms with van der Waals surface area (Å²) in [7, 11) is 0. The highest BCUT2D eigenvalue weighted by Gasteiger charge is 2.40. The average Bonchev–Trinajstić information content (AvgIpc) is 2.64. The van der Waals surface area contributed by atoms with Gasteiger partial charge in [0, 0.05) is 20.1 Å². The van der Waals surface area contributed by atoms with Crippen LogP contribution in [-0.4, -0.2) is 93.2 Å². The average molecular weight is 434 g/mol. The minimum Gasteiger partial charge on any atom is -0.481 e. The number of hydrogen-bond acceptors (Lipinski definition) is 7. The Labute approximate surface area is 180 Å². The van der Waals surface area contributed by atoms with Crippen molar-refractivity contribution in [2.45, 2.75) is 96.2 Å². The molecule has 1 aliphatic heterocycles. The van der Waals surface area contributed by atoms with Gasteiger partial charge in [0.1, 0.15) is 12.2 Å². The molecule has 1 aliphatic carbocycles. The molecular formula is C22H43NO7. The molecule has 0 aromatic rings. The Bertz CT molecular complexity index is 464. The second kappa shape index (κ2) is 14.3. The first kappa shape index (κ1) is 27.3. The topological polar surface area (TPSA) is 131 Å². The lowest BCUT2D eigenvalue weighted by atomic mass is 9.82. The number of likely N-dealkylation sites (tertiary alicyclic amines) is 1. The summed E-state index contributed by atoms with van der Waals surface area (Å²) >= 11 is 0. The second-order valence-corrected chi connectivity index (χ2v) is 9.14. The maximum Gasteiger partial charge on any atom is 0.300 e. The van der Waals surface area contributed by atoms with Gasteiger partial charge in [0.15, 0.2) is 0 Å². The maximum absolute atomic E-state index is 9.98. The van der Waals surface area contributed by atoms with Crippen molar-refractivity contribution in [1.82, 2.24) is 4.90 Å². The molecular weight excluding hydrogens is 390 g/mol. The third-order valence-electron chi connectivity index (χ3n) is 6.04. The van der Waals surface area contributed by atoms with Crippen molar-refractivity contribution < 1.29 is 35.1 Å². The Balaban J connectivity index is 0.00000103. The molecule has 0 amide bonds. The SMILES string of the molecule is CC(=O)O.CC1CC(C)CC(OCCCCCCN2C[C@H](O)[C@@H](O)[C@H](O)[C@H]2CO)C1. The number of aliphatic hydroxyl groups excluding tert-OH is 4. The lowest BCUT2D eigenvalue weighted by Crippen LogP contribution is -2.62. The van der Waals surface area contributed by atoms with E-state index in [1.54, 1.807) is 0 Å². The van der Waals surface area contributed by atoms with E-state index < -0.39 is 30.3 Å². The van der Waals surface area contributed by atoms with Crippen LogP contribution in [0, 0.1) is 11.8 Å². The number of aliphatic hydroxyl groups is 4. The predicted octanol–water partition coefficient (Wildman–Crippen LogP) is 1.24. The molecule has 1 saturated carbocycles. The minimum absolute atomic E-state index is 0.211. The van der Waals surface area contributed by atoms with E-state index in [2.05, 4.69) is 13.8 Å². The fourth-order valence-corrected chi connectivity index (χ4v) is 4.67. The zero-order valence-corrected chi connectivity index (χ0v) is 18.8. The first-order chi connectivity index (χ1) is 14.1. The number of carboxylic acid groups (broad SMARTS) is 1. The van der Waals surface area contributed by atoms with Crippen molar-refractivity contribution in [3.63, 3.8) is 0 Å². The van der Waals surface area contributed by atoms with Crippen molar-refractivity contribution in [3.05, 3.63) is 0 Å². The fourth-order valence-electron chi connectivity index (χ4n) is 4.67. The van der Waals surface area contributed by atoms with Gasteiger partial charge in [0.2, 0.25) is 0 Å². The normalized spacial score (nSPS) is 34.8. The molecule has 2 aliphatic rings. The Hall–Kier alpha value is -0.770. The number of ether oxygens (including phenoxy) is 1. The quantitative estimate of drug-likeness (QED) is 0.343. The Morgan fingerprint density at radius 3 is 2.10 bits per heavy atom. The number of aliphatic carboxylic acids is 1. The molecule has 0 spiro atoms. The number of piperidine rings is 1. The molecule has 2 fully saturated rings. The summed E-state index contributed by atoms with van der Waals surface area (Å²) in [6.45, 7) is 7.35. The second-order valence-electron chi connectivity index (χ2n) is 9.14. The van der Waals surface area contributed by atoms with Crippen LogP contribution < -0.4 is 0 Å². The smallest absolute Gasteiger partial charge is 0.300 e. The summed E-state index contributed by atoms with van der Waals surface area (Å²) in [5.74, 6) is 0.717. The highest BCUT2D eigenvalue weighted by atomic mass is 16.5. The van der Waals surface area contributed by atoms with Crippen molar-refractivity contribution in [2.24, 2.45) is 11.8 Å². The molecule has 6 atom stereocenters. The van der Waals surface area contributed by atoms with Crippen molar-refractivity contribution in [3.8, 4) is 0 Å². The number of nitrogens with zero attached hydrogens (tertiary/aromatic N) is 1. The third kappa shape index (κ3) is 10.0. The van der Waals surface area contributed by atoms with Crippen LogP contribution in [0.25, 0.3) is 0 Å². The third-order valence-corrected chi connectivity index (χ3v) is 6.04.